The first-order chi connectivity index (χ1) is 8.77. The van der Waals surface area contributed by atoms with Crippen molar-refractivity contribution in [1.29, 1.82) is 0 Å². The minimum atomic E-state index is -0.789. The molecular weight excluding hydrogens is 236 g/mol. The van der Waals surface area contributed by atoms with Crippen LogP contribution in [0.25, 0.3) is 0 Å². The van der Waals surface area contributed by atoms with Gasteiger partial charge in [-0.1, -0.05) is 0 Å². The van der Waals surface area contributed by atoms with Crippen LogP contribution in [0.2, 0.25) is 0 Å². The van der Waals surface area contributed by atoms with E-state index in [9.17, 15) is 4.79 Å². The van der Waals surface area contributed by atoms with Crippen molar-refractivity contribution in [2.24, 2.45) is 0 Å². The lowest BCUT2D eigenvalue weighted by atomic mass is 9.89. The molecular formula is C12H16N2O4. The summed E-state index contributed by atoms with van der Waals surface area (Å²) in [6.45, 7) is 3.20. The first-order valence-corrected chi connectivity index (χ1v) is 6.29. The van der Waals surface area contributed by atoms with Crippen molar-refractivity contribution in [2.45, 2.75) is 32.0 Å². The molecule has 0 saturated carbocycles. The van der Waals surface area contributed by atoms with E-state index in [2.05, 4.69) is 10.2 Å². The third kappa shape index (κ3) is 1.64. The summed E-state index contributed by atoms with van der Waals surface area (Å²) >= 11 is 0. The first kappa shape index (κ1) is 11.7. The maximum atomic E-state index is 11.9. The fraction of sp³-hybridized carbons (Fsp3) is 0.667. The number of H-pyrrole nitrogens is 1. The number of esters is 1. The van der Waals surface area contributed by atoms with Crippen molar-refractivity contribution < 1.29 is 19.0 Å². The van der Waals surface area contributed by atoms with Gasteiger partial charge in [-0.3, -0.25) is 5.10 Å². The number of nitrogens with one attached hydrogen (secondary N) is 1. The highest BCUT2D eigenvalue weighted by molar-refractivity contribution is 5.89. The number of hydrogen-bond donors (Lipinski definition) is 1. The highest BCUT2D eigenvalue weighted by atomic mass is 16.7. The van der Waals surface area contributed by atoms with E-state index in [0.717, 1.165) is 30.5 Å². The van der Waals surface area contributed by atoms with Crippen LogP contribution in [0.1, 0.15) is 41.5 Å². The number of ether oxygens (including phenoxy) is 3. The Morgan fingerprint density at radius 2 is 2.28 bits per heavy atom. The van der Waals surface area contributed by atoms with Gasteiger partial charge in [-0.25, -0.2) is 4.79 Å². The Bertz CT molecular complexity index is 463. The van der Waals surface area contributed by atoms with Gasteiger partial charge in [0.2, 0.25) is 0 Å². The molecule has 1 N–H and O–H groups in total. The van der Waals surface area contributed by atoms with Crippen LogP contribution in [-0.2, 0) is 26.4 Å². The number of carbonyl (C=O) groups excluding carboxylic acids is 1. The van der Waals surface area contributed by atoms with E-state index in [-0.39, 0.29) is 0 Å². The summed E-state index contributed by atoms with van der Waals surface area (Å²) in [4.78, 5) is 11.9. The lowest BCUT2D eigenvalue weighted by molar-refractivity contribution is -0.175. The highest BCUT2D eigenvalue weighted by Gasteiger charge is 2.46. The van der Waals surface area contributed by atoms with Crippen LogP contribution in [0.5, 0.6) is 0 Å². The smallest absolute Gasteiger partial charge is 0.359 e. The van der Waals surface area contributed by atoms with E-state index in [0.29, 0.717) is 25.5 Å². The van der Waals surface area contributed by atoms with Crippen molar-refractivity contribution in [2.75, 3.05) is 19.8 Å². The molecule has 1 aliphatic heterocycles. The van der Waals surface area contributed by atoms with Crippen LogP contribution in [-0.4, -0.2) is 36.0 Å². The van der Waals surface area contributed by atoms with E-state index < -0.39 is 11.8 Å². The molecule has 1 spiro atoms. The zero-order chi connectivity index (χ0) is 12.6. The Morgan fingerprint density at radius 1 is 1.50 bits per heavy atom. The lowest BCUT2D eigenvalue weighted by Crippen LogP contribution is -2.33. The molecule has 1 aromatic heterocycles. The van der Waals surface area contributed by atoms with Gasteiger partial charge in [0.05, 0.1) is 25.4 Å². The number of aryl methyl sites for hydroxylation is 1. The predicted molar refractivity (Wildman–Crippen MR) is 61.1 cm³/mol. The minimum Gasteiger partial charge on any atom is -0.461 e. The SMILES string of the molecule is CCOC(=O)c1n[nH]c2c1C1(CCC2)OCCO1. The number of aromatic amines is 1. The molecule has 0 unspecified atom stereocenters. The minimum absolute atomic E-state index is 0.299. The molecule has 3 rings (SSSR count). The maximum absolute atomic E-state index is 11.9. The van der Waals surface area contributed by atoms with Gasteiger partial charge in [0, 0.05) is 12.1 Å². The fourth-order valence-electron chi connectivity index (χ4n) is 2.68. The summed E-state index contributed by atoms with van der Waals surface area (Å²) in [6, 6.07) is 0. The summed E-state index contributed by atoms with van der Waals surface area (Å²) < 4.78 is 16.5. The second kappa shape index (κ2) is 4.37. The van der Waals surface area contributed by atoms with Gasteiger partial charge in [0.25, 0.3) is 0 Å². The van der Waals surface area contributed by atoms with Gasteiger partial charge >= 0.3 is 5.97 Å². The van der Waals surface area contributed by atoms with Gasteiger partial charge in [-0.2, -0.15) is 5.10 Å². The summed E-state index contributed by atoms with van der Waals surface area (Å²) in [5.41, 5.74) is 1.96. The molecule has 1 aliphatic carbocycles. The number of rotatable bonds is 2. The molecule has 0 bridgehead atoms. The summed E-state index contributed by atoms with van der Waals surface area (Å²) in [5, 5.41) is 6.98. The summed E-state index contributed by atoms with van der Waals surface area (Å²) in [6.07, 6.45) is 2.57. The fourth-order valence-corrected chi connectivity index (χ4v) is 2.68. The van der Waals surface area contributed by atoms with Gasteiger partial charge in [0.15, 0.2) is 11.5 Å². The molecule has 0 atom stereocenters. The van der Waals surface area contributed by atoms with Crippen LogP contribution in [0, 0.1) is 0 Å². The monoisotopic (exact) mass is 252 g/mol. The van der Waals surface area contributed by atoms with Gasteiger partial charge in [-0.05, 0) is 19.8 Å². The Labute approximate surface area is 105 Å². The van der Waals surface area contributed by atoms with E-state index in [1.54, 1.807) is 6.92 Å². The Kier molecular flexibility index (Phi) is 2.83. The average molecular weight is 252 g/mol. The van der Waals surface area contributed by atoms with Crippen molar-refractivity contribution in [3.63, 3.8) is 0 Å². The number of carbonyl (C=O) groups is 1. The van der Waals surface area contributed by atoms with Crippen molar-refractivity contribution in [3.8, 4) is 0 Å². The first-order valence-electron chi connectivity index (χ1n) is 6.29. The average Bonchev–Trinajstić information content (AvgIpc) is 2.98. The zero-order valence-corrected chi connectivity index (χ0v) is 10.3. The molecule has 2 aliphatic rings. The van der Waals surface area contributed by atoms with E-state index >= 15 is 0 Å². The topological polar surface area (TPSA) is 73.4 Å². The van der Waals surface area contributed by atoms with Gasteiger partial charge in [0.1, 0.15) is 0 Å². The molecule has 0 radical (unpaired) electrons. The third-order valence-electron chi connectivity index (χ3n) is 3.38. The van der Waals surface area contributed by atoms with Gasteiger partial charge < -0.3 is 14.2 Å². The normalized spacial score (nSPS) is 20.9. The van der Waals surface area contributed by atoms with Crippen LogP contribution >= 0.6 is 0 Å². The number of hydrogen-bond acceptors (Lipinski definition) is 5. The Hall–Kier alpha value is -1.40. The summed E-state index contributed by atoms with van der Waals surface area (Å²) in [5.74, 6) is -1.21. The van der Waals surface area contributed by atoms with Crippen LogP contribution < -0.4 is 0 Å². The molecule has 18 heavy (non-hydrogen) atoms. The predicted octanol–water partition coefficient (Wildman–Crippen LogP) is 1.12. The number of aromatic nitrogens is 2. The van der Waals surface area contributed by atoms with Crippen LogP contribution in [0.3, 0.4) is 0 Å². The molecule has 6 heteroatoms. The molecule has 1 fully saturated rings. The van der Waals surface area contributed by atoms with Crippen LogP contribution in [0.15, 0.2) is 0 Å². The quantitative estimate of drug-likeness (QED) is 0.798. The second-order valence-corrected chi connectivity index (χ2v) is 4.45. The van der Waals surface area contributed by atoms with Gasteiger partial charge in [-0.15, -0.1) is 0 Å². The molecule has 0 amide bonds. The molecule has 0 aromatic carbocycles. The van der Waals surface area contributed by atoms with E-state index in [4.69, 9.17) is 14.2 Å². The molecule has 6 nitrogen and oxygen atoms in total. The Morgan fingerprint density at radius 3 is 3.00 bits per heavy atom. The third-order valence-corrected chi connectivity index (χ3v) is 3.38. The van der Waals surface area contributed by atoms with Crippen molar-refractivity contribution >= 4 is 5.97 Å². The maximum Gasteiger partial charge on any atom is 0.359 e. The molecule has 1 saturated heterocycles. The number of fused-ring (bicyclic) bond motifs is 2. The van der Waals surface area contributed by atoms with Crippen molar-refractivity contribution in [1.82, 2.24) is 10.2 Å². The molecule has 98 valence electrons. The van der Waals surface area contributed by atoms with E-state index in [1.807, 2.05) is 0 Å². The highest BCUT2D eigenvalue weighted by Crippen LogP contribution is 2.43. The lowest BCUT2D eigenvalue weighted by Gasteiger charge is -2.31. The standard InChI is InChI=1S/C12H16N2O4/c1-2-16-11(15)10-9-8(13-14-10)4-3-5-12(9)17-6-7-18-12/h2-7H2,1H3,(H,13,14). The zero-order valence-electron chi connectivity index (χ0n) is 10.3. The van der Waals surface area contributed by atoms with Crippen molar-refractivity contribution in [3.05, 3.63) is 17.0 Å². The van der Waals surface area contributed by atoms with Crippen LogP contribution in [0.4, 0.5) is 0 Å². The second-order valence-electron chi connectivity index (χ2n) is 4.45. The van der Waals surface area contributed by atoms with E-state index in [1.165, 1.54) is 0 Å². The largest absolute Gasteiger partial charge is 0.461 e. The molecule has 1 aromatic rings. The molecule has 2 heterocycles. The Balaban J connectivity index is 2.03. The number of nitrogens with zero attached hydrogens (tertiary/aromatic N) is 1. The summed E-state index contributed by atoms with van der Waals surface area (Å²) in [7, 11) is 0.